The molecule has 1 heterocycles. The third kappa shape index (κ3) is 5.03. The number of aliphatic hydroxyl groups excluding tert-OH is 1. The van der Waals surface area contributed by atoms with Crippen LogP contribution >= 0.6 is 0 Å². The smallest absolute Gasteiger partial charge is 0.245 e. The molecular formula is C21H28N2O6S2. The Kier molecular flexibility index (Phi) is 6.66. The number of sulfone groups is 1. The van der Waals surface area contributed by atoms with Gasteiger partial charge in [-0.05, 0) is 38.1 Å². The molecular weight excluding hydrogens is 440 g/mol. The first-order chi connectivity index (χ1) is 14.4. The maximum atomic E-state index is 13.4. The maximum absolute atomic E-state index is 13.4. The maximum Gasteiger partial charge on any atom is 0.245 e. The molecule has 0 amide bonds. The summed E-state index contributed by atoms with van der Waals surface area (Å²) >= 11 is 0. The number of likely N-dealkylation sites (N-methyl/N-ethyl adjacent to an activating group) is 1. The first kappa shape index (κ1) is 23.5. The molecule has 0 fully saturated rings. The Labute approximate surface area is 183 Å². The molecule has 0 bridgehead atoms. The minimum Gasteiger partial charge on any atom is -0.491 e. The molecule has 2 unspecified atom stereocenters. The van der Waals surface area contributed by atoms with Crippen molar-refractivity contribution in [2.75, 3.05) is 31.3 Å². The summed E-state index contributed by atoms with van der Waals surface area (Å²) in [6.45, 7) is 5.47. The van der Waals surface area contributed by atoms with E-state index in [2.05, 4.69) is 5.32 Å². The fourth-order valence-electron chi connectivity index (χ4n) is 3.54. The zero-order valence-corrected chi connectivity index (χ0v) is 19.6. The number of nitrogens with one attached hydrogen (secondary N) is 1. The standard InChI is InChI=1S/C21H28N2O6S2/c1-5-23(12-15(3)24)31(27,28)21-11-16(30(4,25)26)7-8-18(21)22-19-13-29-20-9-6-14(2)10-17(19)20/h6-11,15,19,22,24H,5,12-13H2,1-4H3. The molecule has 3 rings (SSSR count). The van der Waals surface area contributed by atoms with Gasteiger partial charge in [-0.1, -0.05) is 24.6 Å². The lowest BCUT2D eigenvalue weighted by Crippen LogP contribution is -2.36. The number of fused-ring (bicyclic) bond motifs is 1. The molecule has 170 valence electrons. The van der Waals surface area contributed by atoms with Gasteiger partial charge in [-0.3, -0.25) is 0 Å². The average molecular weight is 469 g/mol. The van der Waals surface area contributed by atoms with Crippen molar-refractivity contribution in [1.82, 2.24) is 4.31 Å². The van der Waals surface area contributed by atoms with Crippen molar-refractivity contribution >= 4 is 25.5 Å². The van der Waals surface area contributed by atoms with Gasteiger partial charge in [-0.2, -0.15) is 4.31 Å². The predicted octanol–water partition coefficient (Wildman–Crippen LogP) is 2.34. The van der Waals surface area contributed by atoms with Gasteiger partial charge < -0.3 is 15.2 Å². The highest BCUT2D eigenvalue weighted by molar-refractivity contribution is 7.91. The second-order valence-corrected chi connectivity index (χ2v) is 11.7. The highest BCUT2D eigenvalue weighted by Gasteiger charge is 2.31. The normalized spacial score (nSPS) is 17.3. The van der Waals surface area contributed by atoms with E-state index in [1.807, 2.05) is 25.1 Å². The van der Waals surface area contributed by atoms with Gasteiger partial charge in [0.05, 0.1) is 22.7 Å². The lowest BCUT2D eigenvalue weighted by molar-refractivity contribution is 0.165. The SMILES string of the molecule is CCN(CC(C)O)S(=O)(=O)c1cc(S(C)(=O)=O)ccc1NC1COc2ccc(C)cc21. The number of aryl methyl sites for hydroxylation is 1. The third-order valence-corrected chi connectivity index (χ3v) is 8.19. The fourth-order valence-corrected chi connectivity index (χ4v) is 5.97. The second kappa shape index (κ2) is 8.78. The molecule has 8 nitrogen and oxygen atoms in total. The third-order valence-electron chi connectivity index (χ3n) is 5.10. The van der Waals surface area contributed by atoms with E-state index in [0.29, 0.717) is 6.61 Å². The molecule has 0 aliphatic carbocycles. The Balaban J connectivity index is 2.09. The summed E-state index contributed by atoms with van der Waals surface area (Å²) in [7, 11) is -7.71. The minimum atomic E-state index is -4.08. The number of hydrogen-bond acceptors (Lipinski definition) is 7. The van der Waals surface area contributed by atoms with Gasteiger partial charge in [0.25, 0.3) is 0 Å². The van der Waals surface area contributed by atoms with Crippen LogP contribution in [0.15, 0.2) is 46.2 Å². The summed E-state index contributed by atoms with van der Waals surface area (Å²) in [5.74, 6) is 0.726. The van der Waals surface area contributed by atoms with Crippen molar-refractivity contribution in [2.24, 2.45) is 0 Å². The van der Waals surface area contributed by atoms with Gasteiger partial charge in [0.2, 0.25) is 10.0 Å². The van der Waals surface area contributed by atoms with Gasteiger partial charge in [-0.25, -0.2) is 16.8 Å². The summed E-state index contributed by atoms with van der Waals surface area (Å²) in [5, 5.41) is 13.0. The molecule has 0 saturated heterocycles. The quantitative estimate of drug-likeness (QED) is 0.611. The topological polar surface area (TPSA) is 113 Å². The molecule has 2 N–H and O–H groups in total. The number of nitrogens with zero attached hydrogens (tertiary/aromatic N) is 1. The molecule has 31 heavy (non-hydrogen) atoms. The van der Waals surface area contributed by atoms with Crippen LogP contribution in [0.1, 0.15) is 31.0 Å². The van der Waals surface area contributed by atoms with E-state index in [9.17, 15) is 21.9 Å². The van der Waals surface area contributed by atoms with Crippen LogP contribution in [0.25, 0.3) is 0 Å². The van der Waals surface area contributed by atoms with Crippen molar-refractivity contribution in [3.05, 3.63) is 47.5 Å². The Morgan fingerprint density at radius 3 is 2.52 bits per heavy atom. The molecule has 0 saturated carbocycles. The lowest BCUT2D eigenvalue weighted by Gasteiger charge is -2.25. The zero-order chi connectivity index (χ0) is 23.0. The Hall–Kier alpha value is -2.14. The molecule has 2 aromatic rings. The lowest BCUT2D eigenvalue weighted by atomic mass is 10.1. The van der Waals surface area contributed by atoms with Crippen LogP contribution in [0, 0.1) is 6.92 Å². The van der Waals surface area contributed by atoms with Crippen LogP contribution in [0.4, 0.5) is 5.69 Å². The van der Waals surface area contributed by atoms with Gasteiger partial charge in [0.1, 0.15) is 17.3 Å². The summed E-state index contributed by atoms with van der Waals surface area (Å²) in [4.78, 5) is -0.248. The molecule has 2 atom stereocenters. The van der Waals surface area contributed by atoms with E-state index in [0.717, 1.165) is 27.4 Å². The molecule has 1 aliphatic rings. The summed E-state index contributed by atoms with van der Waals surface area (Å²) in [5.41, 5.74) is 2.23. The molecule has 0 radical (unpaired) electrons. The second-order valence-electron chi connectivity index (χ2n) is 7.78. The van der Waals surface area contributed by atoms with E-state index in [4.69, 9.17) is 4.74 Å². The average Bonchev–Trinajstić information content (AvgIpc) is 3.07. The highest BCUT2D eigenvalue weighted by Crippen LogP contribution is 2.37. The van der Waals surface area contributed by atoms with Gasteiger partial charge >= 0.3 is 0 Å². The van der Waals surface area contributed by atoms with E-state index < -0.39 is 26.0 Å². The van der Waals surface area contributed by atoms with Crippen molar-refractivity contribution in [1.29, 1.82) is 0 Å². The molecule has 10 heteroatoms. The molecule has 0 spiro atoms. The minimum absolute atomic E-state index is 0.0939. The van der Waals surface area contributed by atoms with Gasteiger partial charge in [-0.15, -0.1) is 0 Å². The van der Waals surface area contributed by atoms with Gasteiger partial charge in [0.15, 0.2) is 9.84 Å². The molecule has 2 aromatic carbocycles. The first-order valence-corrected chi connectivity index (χ1v) is 13.3. The van der Waals surface area contributed by atoms with Crippen molar-refractivity contribution in [2.45, 2.75) is 42.7 Å². The van der Waals surface area contributed by atoms with Crippen molar-refractivity contribution in [3.8, 4) is 5.75 Å². The van der Waals surface area contributed by atoms with Crippen molar-refractivity contribution < 1.29 is 26.7 Å². The van der Waals surface area contributed by atoms with Crippen LogP contribution in [0.5, 0.6) is 5.75 Å². The highest BCUT2D eigenvalue weighted by atomic mass is 32.2. The Morgan fingerprint density at radius 2 is 1.90 bits per heavy atom. The zero-order valence-electron chi connectivity index (χ0n) is 18.0. The number of aliphatic hydroxyl groups is 1. The van der Waals surface area contributed by atoms with E-state index in [1.54, 1.807) is 6.92 Å². The monoisotopic (exact) mass is 468 g/mol. The van der Waals surface area contributed by atoms with E-state index >= 15 is 0 Å². The van der Waals surface area contributed by atoms with Crippen LogP contribution in [-0.2, 0) is 19.9 Å². The van der Waals surface area contributed by atoms with Crippen LogP contribution in [-0.4, -0.2) is 58.3 Å². The van der Waals surface area contributed by atoms with Gasteiger partial charge in [0, 0.05) is 24.9 Å². The fraction of sp³-hybridized carbons (Fsp3) is 0.429. The number of benzene rings is 2. The van der Waals surface area contributed by atoms with Crippen LogP contribution in [0.3, 0.4) is 0 Å². The summed E-state index contributed by atoms with van der Waals surface area (Å²) < 4.78 is 57.9. The van der Waals surface area contributed by atoms with E-state index in [1.165, 1.54) is 25.1 Å². The number of ether oxygens (including phenoxy) is 1. The number of anilines is 1. The van der Waals surface area contributed by atoms with Crippen LogP contribution in [0.2, 0.25) is 0 Å². The molecule has 1 aliphatic heterocycles. The van der Waals surface area contributed by atoms with Crippen molar-refractivity contribution in [3.63, 3.8) is 0 Å². The van der Waals surface area contributed by atoms with E-state index in [-0.39, 0.29) is 34.6 Å². The predicted molar refractivity (Wildman–Crippen MR) is 119 cm³/mol. The summed E-state index contributed by atoms with van der Waals surface area (Å²) in [6, 6.07) is 9.52. The Morgan fingerprint density at radius 1 is 1.19 bits per heavy atom. The molecule has 0 aromatic heterocycles. The first-order valence-electron chi connectivity index (χ1n) is 9.95. The van der Waals surface area contributed by atoms with Crippen LogP contribution < -0.4 is 10.1 Å². The summed E-state index contributed by atoms with van der Waals surface area (Å²) in [6.07, 6.45) is 0.158. The number of rotatable bonds is 8. The number of sulfonamides is 1. The largest absolute Gasteiger partial charge is 0.491 e. The Bertz CT molecular complexity index is 1180. The number of hydrogen-bond donors (Lipinski definition) is 2.